The van der Waals surface area contributed by atoms with E-state index in [1.807, 2.05) is 12.1 Å². The van der Waals surface area contributed by atoms with Gasteiger partial charge < -0.3 is 5.32 Å². The lowest BCUT2D eigenvalue weighted by Crippen LogP contribution is -2.28. The highest BCUT2D eigenvalue weighted by atomic mass is 16.1. The van der Waals surface area contributed by atoms with E-state index >= 15 is 0 Å². The van der Waals surface area contributed by atoms with E-state index in [2.05, 4.69) is 29.5 Å². The summed E-state index contributed by atoms with van der Waals surface area (Å²) in [4.78, 5) is 11.9. The first-order chi connectivity index (χ1) is 9.24. The Morgan fingerprint density at radius 2 is 2.00 bits per heavy atom. The fourth-order valence-electron chi connectivity index (χ4n) is 2.41. The topological polar surface area (TPSA) is 46.9 Å². The molecule has 98 valence electrons. The molecule has 1 N–H and O–H groups in total. The van der Waals surface area contributed by atoms with E-state index in [4.69, 9.17) is 0 Å². The normalized spacial score (nSPS) is 18.7. The zero-order valence-electron chi connectivity index (χ0n) is 11.0. The summed E-state index contributed by atoms with van der Waals surface area (Å²) in [5.74, 6) is 0. The molecule has 4 nitrogen and oxygen atoms in total. The molecule has 3 rings (SSSR count). The summed E-state index contributed by atoms with van der Waals surface area (Å²) >= 11 is 0. The maximum Gasteiger partial charge on any atom is 0.267 e. The summed E-state index contributed by atoms with van der Waals surface area (Å²) < 4.78 is 1.62. The summed E-state index contributed by atoms with van der Waals surface area (Å²) in [6, 6.07) is 11.8. The molecule has 1 aromatic heterocycles. The third kappa shape index (κ3) is 2.44. The van der Waals surface area contributed by atoms with E-state index in [-0.39, 0.29) is 11.6 Å². The van der Waals surface area contributed by atoms with E-state index in [9.17, 15) is 4.79 Å². The first-order valence-electron chi connectivity index (χ1n) is 6.62. The Morgan fingerprint density at radius 3 is 2.68 bits per heavy atom. The van der Waals surface area contributed by atoms with Gasteiger partial charge in [0, 0.05) is 18.2 Å². The van der Waals surface area contributed by atoms with Crippen molar-refractivity contribution < 1.29 is 0 Å². The Morgan fingerprint density at radius 1 is 1.21 bits per heavy atom. The van der Waals surface area contributed by atoms with Crippen LogP contribution in [-0.2, 0) is 0 Å². The smallest absolute Gasteiger partial charge is 0.267 e. The van der Waals surface area contributed by atoms with Crippen LogP contribution in [-0.4, -0.2) is 22.9 Å². The number of hydrogen-bond donors (Lipinski definition) is 1. The van der Waals surface area contributed by atoms with Crippen LogP contribution in [0, 0.1) is 6.92 Å². The van der Waals surface area contributed by atoms with Crippen LogP contribution < -0.4 is 10.9 Å². The van der Waals surface area contributed by atoms with Gasteiger partial charge in [0.2, 0.25) is 0 Å². The lowest BCUT2D eigenvalue weighted by atomic mass is 10.1. The maximum absolute atomic E-state index is 11.9. The Bertz CT molecular complexity index is 625. The summed E-state index contributed by atoms with van der Waals surface area (Å²) in [6.45, 7) is 3.83. The highest BCUT2D eigenvalue weighted by molar-refractivity contribution is 5.58. The minimum Gasteiger partial charge on any atom is -0.315 e. The van der Waals surface area contributed by atoms with Gasteiger partial charge in [-0.3, -0.25) is 4.79 Å². The van der Waals surface area contributed by atoms with Gasteiger partial charge in [-0.15, -0.1) is 0 Å². The van der Waals surface area contributed by atoms with Crippen LogP contribution in [0.4, 0.5) is 0 Å². The molecular weight excluding hydrogens is 238 g/mol. The third-order valence-corrected chi connectivity index (χ3v) is 3.55. The quantitative estimate of drug-likeness (QED) is 0.889. The molecule has 1 fully saturated rings. The van der Waals surface area contributed by atoms with Crippen molar-refractivity contribution in [2.24, 2.45) is 0 Å². The van der Waals surface area contributed by atoms with Gasteiger partial charge in [-0.05, 0) is 26.0 Å². The van der Waals surface area contributed by atoms with Crippen LogP contribution in [0.3, 0.4) is 0 Å². The Kier molecular flexibility index (Phi) is 3.17. The standard InChI is InChI=1S/C15H17N3O/c1-11-2-4-12(5-3-11)14-6-7-15(19)18(17-14)13-8-9-16-10-13/h2-7,13,16H,8-10H2,1H3. The molecule has 0 bridgehead atoms. The molecule has 2 aromatic rings. The summed E-state index contributed by atoms with van der Waals surface area (Å²) in [6.07, 6.45) is 0.963. The van der Waals surface area contributed by atoms with E-state index in [0.717, 1.165) is 30.8 Å². The van der Waals surface area contributed by atoms with E-state index in [0.29, 0.717) is 0 Å². The molecule has 0 amide bonds. The fourth-order valence-corrected chi connectivity index (χ4v) is 2.41. The predicted molar refractivity (Wildman–Crippen MR) is 75.2 cm³/mol. The maximum atomic E-state index is 11.9. The second kappa shape index (κ2) is 4.97. The van der Waals surface area contributed by atoms with E-state index in [1.165, 1.54) is 5.56 Å². The molecule has 1 unspecified atom stereocenters. The average Bonchev–Trinajstić information content (AvgIpc) is 2.94. The molecule has 0 saturated carbocycles. The minimum atomic E-state index is -0.0236. The summed E-state index contributed by atoms with van der Waals surface area (Å²) in [5.41, 5.74) is 3.10. The van der Waals surface area contributed by atoms with Crippen molar-refractivity contribution in [2.45, 2.75) is 19.4 Å². The number of nitrogens with zero attached hydrogens (tertiary/aromatic N) is 2. The van der Waals surface area contributed by atoms with Gasteiger partial charge in [0.25, 0.3) is 5.56 Å². The Balaban J connectivity index is 2.01. The van der Waals surface area contributed by atoms with Crippen LogP contribution >= 0.6 is 0 Å². The zero-order chi connectivity index (χ0) is 13.2. The third-order valence-electron chi connectivity index (χ3n) is 3.55. The van der Waals surface area contributed by atoms with Crippen LogP contribution in [0.2, 0.25) is 0 Å². The predicted octanol–water partition coefficient (Wildman–Crippen LogP) is 1.75. The van der Waals surface area contributed by atoms with Gasteiger partial charge in [0.05, 0.1) is 11.7 Å². The molecule has 1 aliphatic rings. The molecule has 4 heteroatoms. The number of benzene rings is 1. The molecule has 0 spiro atoms. The highest BCUT2D eigenvalue weighted by Gasteiger charge is 2.18. The Hall–Kier alpha value is -1.94. The largest absolute Gasteiger partial charge is 0.315 e. The fraction of sp³-hybridized carbons (Fsp3) is 0.333. The number of aromatic nitrogens is 2. The molecule has 1 saturated heterocycles. The number of rotatable bonds is 2. The van der Waals surface area contributed by atoms with Crippen molar-refractivity contribution >= 4 is 0 Å². The number of nitrogens with one attached hydrogen (secondary N) is 1. The van der Waals surface area contributed by atoms with Crippen LogP contribution in [0.1, 0.15) is 18.0 Å². The van der Waals surface area contributed by atoms with Crippen LogP contribution in [0.25, 0.3) is 11.3 Å². The van der Waals surface area contributed by atoms with Crippen LogP contribution in [0.5, 0.6) is 0 Å². The average molecular weight is 255 g/mol. The van der Waals surface area contributed by atoms with Gasteiger partial charge in [-0.1, -0.05) is 29.8 Å². The molecule has 1 atom stereocenters. The van der Waals surface area contributed by atoms with Gasteiger partial charge >= 0.3 is 0 Å². The second-order valence-electron chi connectivity index (χ2n) is 5.01. The lowest BCUT2D eigenvalue weighted by molar-refractivity contribution is 0.467. The molecule has 0 aliphatic carbocycles. The molecule has 0 radical (unpaired) electrons. The molecule has 1 aliphatic heterocycles. The highest BCUT2D eigenvalue weighted by Crippen LogP contribution is 2.18. The van der Waals surface area contributed by atoms with Crippen molar-refractivity contribution in [3.63, 3.8) is 0 Å². The van der Waals surface area contributed by atoms with E-state index in [1.54, 1.807) is 16.8 Å². The molecule has 1 aromatic carbocycles. The minimum absolute atomic E-state index is 0.0236. The molecular formula is C15H17N3O. The first-order valence-corrected chi connectivity index (χ1v) is 6.62. The van der Waals surface area contributed by atoms with Crippen molar-refractivity contribution in [1.29, 1.82) is 0 Å². The monoisotopic (exact) mass is 255 g/mol. The van der Waals surface area contributed by atoms with Crippen molar-refractivity contribution in [1.82, 2.24) is 15.1 Å². The number of hydrogen-bond acceptors (Lipinski definition) is 3. The van der Waals surface area contributed by atoms with Crippen molar-refractivity contribution in [2.75, 3.05) is 13.1 Å². The van der Waals surface area contributed by atoms with Gasteiger partial charge in [0.15, 0.2) is 0 Å². The second-order valence-corrected chi connectivity index (χ2v) is 5.01. The van der Waals surface area contributed by atoms with Gasteiger partial charge in [0.1, 0.15) is 0 Å². The van der Waals surface area contributed by atoms with Gasteiger partial charge in [-0.2, -0.15) is 5.10 Å². The molecule has 2 heterocycles. The van der Waals surface area contributed by atoms with Crippen LogP contribution in [0.15, 0.2) is 41.2 Å². The first kappa shape index (κ1) is 12.1. The Labute approximate surface area is 112 Å². The lowest BCUT2D eigenvalue weighted by Gasteiger charge is -2.12. The zero-order valence-corrected chi connectivity index (χ0v) is 11.0. The summed E-state index contributed by atoms with van der Waals surface area (Å²) in [7, 11) is 0. The number of aryl methyl sites for hydroxylation is 1. The van der Waals surface area contributed by atoms with Crippen molar-refractivity contribution in [3.05, 3.63) is 52.3 Å². The molecule has 19 heavy (non-hydrogen) atoms. The SMILES string of the molecule is Cc1ccc(-c2ccc(=O)n(C3CCNC3)n2)cc1. The van der Waals surface area contributed by atoms with E-state index < -0.39 is 0 Å². The van der Waals surface area contributed by atoms with Gasteiger partial charge in [-0.25, -0.2) is 4.68 Å². The summed E-state index contributed by atoms with van der Waals surface area (Å²) in [5, 5.41) is 7.78. The van der Waals surface area contributed by atoms with Crippen molar-refractivity contribution in [3.8, 4) is 11.3 Å².